The van der Waals surface area contributed by atoms with E-state index in [1.54, 1.807) is 0 Å². The van der Waals surface area contributed by atoms with Crippen LogP contribution in [0.25, 0.3) is 0 Å². The lowest BCUT2D eigenvalue weighted by atomic mass is 10.2. The molecule has 7 heteroatoms. The maximum Gasteiger partial charge on any atom is 0.104 e. The van der Waals surface area contributed by atoms with Crippen LogP contribution in [0.2, 0.25) is 79.1 Å². The fourth-order valence-corrected chi connectivity index (χ4v) is 254. The zero-order valence-corrected chi connectivity index (χ0v) is 34.0. The van der Waals surface area contributed by atoms with Gasteiger partial charge in [0.05, 0.1) is 15.2 Å². The Hall–Kier alpha value is 1.78. The molecule has 0 saturated heterocycles. The van der Waals surface area contributed by atoms with Gasteiger partial charge >= 0.3 is 0 Å². The molecule has 0 saturated carbocycles. The van der Waals surface area contributed by atoms with Crippen molar-refractivity contribution in [1.82, 2.24) is 0 Å². The van der Waals surface area contributed by atoms with Gasteiger partial charge in [-0.1, -0.05) is 142 Å². The molecule has 0 unspecified atom stereocenters. The molecule has 0 aromatic carbocycles. The lowest BCUT2D eigenvalue weighted by Crippen LogP contribution is -2.98. The Morgan fingerprint density at radius 2 is 0.500 bits per heavy atom. The molecule has 0 radical (unpaired) electrons. The Labute approximate surface area is 218 Å². The van der Waals surface area contributed by atoms with Crippen LogP contribution >= 0.6 is 15.3 Å². The first-order valence-electron chi connectivity index (χ1n) is 12.9. The van der Waals surface area contributed by atoms with Crippen molar-refractivity contribution in [2.45, 2.75) is 162 Å². The van der Waals surface area contributed by atoms with E-state index in [0.29, 0.717) is 20.2 Å². The highest BCUT2D eigenvalue weighted by Crippen LogP contribution is 2.64. The molecule has 0 nitrogen and oxygen atoms in total. The van der Waals surface area contributed by atoms with Gasteiger partial charge in [0.15, 0.2) is 0 Å². The normalized spacial score (nSPS) is 17.1. The summed E-state index contributed by atoms with van der Waals surface area (Å²) >= 11 is 5.17. The van der Waals surface area contributed by atoms with Crippen molar-refractivity contribution in [2.24, 2.45) is 0 Å². The molecule has 0 bridgehead atoms. The summed E-state index contributed by atoms with van der Waals surface area (Å²) in [5, 5.41) is -0.178. The second kappa shape index (κ2) is 8.67. The minimum Gasteiger partial charge on any atom is -0.137 e. The van der Waals surface area contributed by atoms with Crippen LogP contribution < -0.4 is 0 Å². The van der Waals surface area contributed by atoms with Gasteiger partial charge in [0.25, 0.3) is 0 Å². The van der Waals surface area contributed by atoms with Gasteiger partial charge < -0.3 is 0 Å². The molecule has 0 aliphatic rings. The highest BCUT2D eigenvalue weighted by Gasteiger charge is 2.80. The number of hydrogen-bond donors (Lipinski definition) is 0. The quantitative estimate of drug-likeness (QED) is 0.214. The number of halogens is 1. The lowest BCUT2D eigenvalue weighted by Gasteiger charge is -2.73. The van der Waals surface area contributed by atoms with Crippen LogP contribution in [0.3, 0.4) is 0 Å². The Bertz CT molecular complexity index is 567. The van der Waals surface area contributed by atoms with Crippen LogP contribution in [0.5, 0.6) is 0 Å². The van der Waals surface area contributed by atoms with Crippen molar-refractivity contribution in [3.05, 3.63) is 0 Å². The van der Waals surface area contributed by atoms with Crippen LogP contribution in [0, 0.1) is 0 Å². The summed E-state index contributed by atoms with van der Waals surface area (Å²) in [7, 11) is -6.60. The minimum absolute atomic E-state index is 0.414. The van der Waals surface area contributed by atoms with Gasteiger partial charge in [-0.25, -0.2) is 0 Å². The Morgan fingerprint density at radius 1 is 0.344 bits per heavy atom. The fraction of sp³-hybridized carbons (Fsp3) is 1.00. The average molecular weight is 612 g/mol. The summed E-state index contributed by atoms with van der Waals surface area (Å²) in [6.45, 7) is 55.5. The predicted octanol–water partition coefficient (Wildman–Crippen LogP) is 10.8. The van der Waals surface area contributed by atoms with Gasteiger partial charge in [0, 0.05) is 21.8 Å². The number of hydrogen-bond acceptors (Lipinski definition) is 0. The molecular formula is C25H63BrSi6. The van der Waals surface area contributed by atoms with E-state index in [9.17, 15) is 0 Å². The van der Waals surface area contributed by atoms with Crippen LogP contribution in [0.4, 0.5) is 0 Å². The monoisotopic (exact) mass is 610 g/mol. The largest absolute Gasteiger partial charge is 0.137 e. The van der Waals surface area contributed by atoms with Crippen molar-refractivity contribution >= 4 is 57.5 Å². The molecule has 0 aliphatic carbocycles. The maximum atomic E-state index is 5.17. The summed E-state index contributed by atoms with van der Waals surface area (Å²) in [6.07, 6.45) is 0. The second-order valence-electron chi connectivity index (χ2n) is 17.3. The van der Waals surface area contributed by atoms with Crippen LogP contribution in [0.15, 0.2) is 0 Å². The summed E-state index contributed by atoms with van der Waals surface area (Å²) in [5.74, 6) is 0. The first kappa shape index (κ1) is 33.8. The van der Waals surface area contributed by atoms with E-state index < -0.39 is 42.2 Å². The SMILES string of the molecule is CC(C)(C)[Si](C)(C)[Si](C)([Si](C)(C)C(C)(C)C)[Si](Br)([Si](C)(C)C(C)(C)C)[Si](C)(C)C(C)(C)C. The van der Waals surface area contributed by atoms with Crippen LogP contribution in [-0.2, 0) is 0 Å². The standard InChI is InChI=1S/C25H63BrSi6/c1-22(2,3)27(13,14)31(21,28(15,16)23(4,5)6)32(26,29(17,18)24(7,8)9)30(19,20)25(10,11)12/h1-21H3. The first-order chi connectivity index (χ1) is 13.2. The lowest BCUT2D eigenvalue weighted by molar-refractivity contribution is 0.723. The topological polar surface area (TPSA) is 0 Å². The van der Waals surface area contributed by atoms with Gasteiger partial charge in [-0.3, -0.25) is 0 Å². The third-order valence-electron chi connectivity index (χ3n) is 12.4. The molecule has 0 heterocycles. The number of rotatable bonds is 5. The van der Waals surface area contributed by atoms with Crippen molar-refractivity contribution in [3.8, 4) is 0 Å². The van der Waals surface area contributed by atoms with Crippen molar-refractivity contribution < 1.29 is 0 Å². The highest BCUT2D eigenvalue weighted by molar-refractivity contribution is 9.32. The molecule has 0 amide bonds. The van der Waals surface area contributed by atoms with Crippen molar-refractivity contribution in [1.29, 1.82) is 0 Å². The minimum atomic E-state index is -1.87. The van der Waals surface area contributed by atoms with E-state index in [-0.39, 0.29) is 0 Å². The van der Waals surface area contributed by atoms with Crippen molar-refractivity contribution in [3.63, 3.8) is 0 Å². The van der Waals surface area contributed by atoms with E-state index in [4.69, 9.17) is 15.3 Å². The van der Waals surface area contributed by atoms with E-state index in [1.807, 2.05) is 0 Å². The van der Waals surface area contributed by atoms with Crippen LogP contribution in [0.1, 0.15) is 83.1 Å². The van der Waals surface area contributed by atoms with Gasteiger partial charge in [-0.2, -0.15) is 0 Å². The molecule has 0 N–H and O–H groups in total. The van der Waals surface area contributed by atoms with Gasteiger partial charge in [0.1, 0.15) is 5.25 Å². The van der Waals surface area contributed by atoms with Gasteiger partial charge in [0.2, 0.25) is 0 Å². The van der Waals surface area contributed by atoms with Gasteiger partial charge in [-0.15, -0.1) is 15.3 Å². The first-order valence-corrected chi connectivity index (χ1v) is 36.7. The smallest absolute Gasteiger partial charge is 0.104 e. The molecule has 32 heavy (non-hydrogen) atoms. The summed E-state index contributed by atoms with van der Waals surface area (Å²) in [4.78, 5) is 0. The summed E-state index contributed by atoms with van der Waals surface area (Å²) < 4.78 is 0. The summed E-state index contributed by atoms with van der Waals surface area (Å²) in [6, 6.07) is 0. The molecule has 0 spiro atoms. The molecular weight excluding hydrogens is 549 g/mol. The Balaban J connectivity index is 8.37. The molecule has 0 aliphatic heterocycles. The predicted molar refractivity (Wildman–Crippen MR) is 175 cm³/mol. The zero-order valence-electron chi connectivity index (χ0n) is 26.4. The second-order valence-corrected chi connectivity index (χ2v) is 89.8. The fourth-order valence-electron chi connectivity index (χ4n) is 6.21. The van der Waals surface area contributed by atoms with Crippen LogP contribution in [-0.4, -0.2) is 42.2 Å². The van der Waals surface area contributed by atoms with Crippen molar-refractivity contribution in [2.75, 3.05) is 0 Å². The molecule has 0 rings (SSSR count). The molecule has 0 aromatic heterocycles. The molecule has 0 fully saturated rings. The Kier molecular flexibility index (Phi) is 9.16. The summed E-state index contributed by atoms with van der Waals surface area (Å²) in [5.41, 5.74) is 0. The van der Waals surface area contributed by atoms with E-state index in [0.717, 1.165) is 0 Å². The molecule has 0 aromatic rings. The molecule has 0 atom stereocenters. The molecule has 194 valence electrons. The third-order valence-corrected chi connectivity index (χ3v) is 177. The maximum absolute atomic E-state index is 5.17. The highest BCUT2D eigenvalue weighted by atomic mass is 79.9. The van der Waals surface area contributed by atoms with E-state index >= 15 is 0 Å². The Morgan fingerprint density at radius 3 is 0.625 bits per heavy atom. The average Bonchev–Trinajstić information content (AvgIpc) is 2.47. The van der Waals surface area contributed by atoms with Gasteiger partial charge in [-0.05, 0) is 20.2 Å². The third kappa shape index (κ3) is 4.39. The van der Waals surface area contributed by atoms with E-state index in [2.05, 4.69) is 142 Å². The zero-order chi connectivity index (χ0) is 27.0. The van der Waals surface area contributed by atoms with E-state index in [1.165, 1.54) is 0 Å².